The lowest BCUT2D eigenvalue weighted by molar-refractivity contribution is -0.123. The predicted molar refractivity (Wildman–Crippen MR) is 72.0 cm³/mol. The summed E-state index contributed by atoms with van der Waals surface area (Å²) in [7, 11) is 0. The topological polar surface area (TPSA) is 94.3 Å². The maximum Gasteiger partial charge on any atom is 0.236 e. The first-order valence-electron chi connectivity index (χ1n) is 6.70. The number of aliphatic imine (C=N–C) groups is 2. The summed E-state index contributed by atoms with van der Waals surface area (Å²) in [6.45, 7) is 5.87. The van der Waals surface area contributed by atoms with Crippen LogP contribution in [0.15, 0.2) is 9.98 Å². The van der Waals surface area contributed by atoms with Crippen LogP contribution in [0.2, 0.25) is 0 Å². The SMILES string of the molecule is CC(C)C1=NC2=NC[C@H]([C@@H](O)[C@H](C)O)CC2C(=O)N1. The monoisotopic (exact) mass is 267 g/mol. The molecule has 1 unspecified atom stereocenters. The largest absolute Gasteiger partial charge is 0.391 e. The van der Waals surface area contributed by atoms with Crippen LogP contribution in [0.25, 0.3) is 0 Å². The molecule has 1 amide bonds. The predicted octanol–water partition coefficient (Wildman–Crippen LogP) is -0.0530. The molecule has 4 atom stereocenters. The maximum atomic E-state index is 12.1. The minimum absolute atomic E-state index is 0.111. The highest BCUT2D eigenvalue weighted by Gasteiger charge is 2.38. The molecule has 6 nitrogen and oxygen atoms in total. The lowest BCUT2D eigenvalue weighted by Gasteiger charge is -2.33. The van der Waals surface area contributed by atoms with Crippen molar-refractivity contribution in [2.24, 2.45) is 27.7 Å². The molecule has 6 heteroatoms. The number of hydrogen-bond donors (Lipinski definition) is 3. The number of rotatable bonds is 3. The molecular weight excluding hydrogens is 246 g/mol. The van der Waals surface area contributed by atoms with Crippen molar-refractivity contribution in [3.05, 3.63) is 0 Å². The molecule has 0 radical (unpaired) electrons. The lowest BCUT2D eigenvalue weighted by atomic mass is 9.84. The van der Waals surface area contributed by atoms with E-state index in [0.29, 0.717) is 24.6 Å². The van der Waals surface area contributed by atoms with E-state index in [4.69, 9.17) is 0 Å². The van der Waals surface area contributed by atoms with Crippen LogP contribution in [0.5, 0.6) is 0 Å². The highest BCUT2D eigenvalue weighted by molar-refractivity contribution is 6.18. The van der Waals surface area contributed by atoms with E-state index in [2.05, 4.69) is 15.3 Å². The summed E-state index contributed by atoms with van der Waals surface area (Å²) in [5, 5.41) is 22.1. The van der Waals surface area contributed by atoms with E-state index in [1.165, 1.54) is 0 Å². The Balaban J connectivity index is 2.19. The van der Waals surface area contributed by atoms with E-state index in [1.807, 2.05) is 13.8 Å². The first-order valence-corrected chi connectivity index (χ1v) is 6.70. The molecule has 2 aliphatic heterocycles. The van der Waals surface area contributed by atoms with Crippen molar-refractivity contribution in [1.82, 2.24) is 5.32 Å². The van der Waals surface area contributed by atoms with Gasteiger partial charge in [-0.1, -0.05) is 13.8 Å². The number of nitrogens with one attached hydrogen (secondary N) is 1. The minimum Gasteiger partial charge on any atom is -0.391 e. The summed E-state index contributed by atoms with van der Waals surface area (Å²) >= 11 is 0. The van der Waals surface area contributed by atoms with Gasteiger partial charge in [-0.15, -0.1) is 0 Å². The van der Waals surface area contributed by atoms with Crippen molar-refractivity contribution in [2.45, 2.75) is 39.4 Å². The van der Waals surface area contributed by atoms with Gasteiger partial charge in [-0.25, -0.2) is 4.99 Å². The molecule has 0 saturated heterocycles. The van der Waals surface area contributed by atoms with Gasteiger partial charge in [0, 0.05) is 18.4 Å². The fraction of sp³-hybridized carbons (Fsp3) is 0.769. The van der Waals surface area contributed by atoms with E-state index in [9.17, 15) is 15.0 Å². The molecule has 106 valence electrons. The second-order valence-corrected chi connectivity index (χ2v) is 5.62. The Bertz CT molecular complexity index is 429. The Hall–Kier alpha value is -1.27. The molecular formula is C13H21N3O3. The van der Waals surface area contributed by atoms with Gasteiger partial charge in [0.2, 0.25) is 5.91 Å². The van der Waals surface area contributed by atoms with Gasteiger partial charge < -0.3 is 15.5 Å². The molecule has 0 aromatic carbocycles. The van der Waals surface area contributed by atoms with Gasteiger partial charge in [0.25, 0.3) is 0 Å². The number of carbonyl (C=O) groups excluding carboxylic acids is 1. The molecule has 0 aliphatic carbocycles. The molecule has 0 aromatic heterocycles. The van der Waals surface area contributed by atoms with E-state index in [1.54, 1.807) is 6.92 Å². The zero-order valence-electron chi connectivity index (χ0n) is 11.5. The highest BCUT2D eigenvalue weighted by atomic mass is 16.3. The number of amides is 1. The Morgan fingerprint density at radius 2 is 2.00 bits per heavy atom. The number of carbonyl (C=O) groups is 1. The number of hydrogen-bond acceptors (Lipinski definition) is 5. The van der Waals surface area contributed by atoms with Gasteiger partial charge in [-0.05, 0) is 13.3 Å². The van der Waals surface area contributed by atoms with E-state index in [-0.39, 0.29) is 17.7 Å². The fourth-order valence-electron chi connectivity index (χ4n) is 2.42. The first-order chi connectivity index (χ1) is 8.90. The molecule has 0 bridgehead atoms. The highest BCUT2D eigenvalue weighted by Crippen LogP contribution is 2.27. The number of fused-ring (bicyclic) bond motifs is 1. The van der Waals surface area contributed by atoms with Crippen molar-refractivity contribution in [3.8, 4) is 0 Å². The summed E-state index contributed by atoms with van der Waals surface area (Å²) in [5.74, 6) is 0.634. The fourth-order valence-corrected chi connectivity index (χ4v) is 2.42. The average Bonchev–Trinajstić information content (AvgIpc) is 2.37. The molecule has 0 aromatic rings. The Labute approximate surface area is 112 Å². The van der Waals surface area contributed by atoms with Gasteiger partial charge in [0.15, 0.2) is 0 Å². The van der Waals surface area contributed by atoms with E-state index >= 15 is 0 Å². The lowest BCUT2D eigenvalue weighted by Crippen LogP contribution is -2.49. The van der Waals surface area contributed by atoms with Crippen LogP contribution < -0.4 is 5.32 Å². The smallest absolute Gasteiger partial charge is 0.236 e. The molecule has 0 spiro atoms. The second kappa shape index (κ2) is 5.38. The zero-order valence-corrected chi connectivity index (χ0v) is 11.5. The van der Waals surface area contributed by atoms with Crippen LogP contribution in [0.3, 0.4) is 0 Å². The first kappa shape index (κ1) is 14.1. The minimum atomic E-state index is -0.853. The van der Waals surface area contributed by atoms with Crippen LogP contribution in [0.4, 0.5) is 0 Å². The Kier molecular flexibility index (Phi) is 4.01. The molecule has 0 fully saturated rings. The van der Waals surface area contributed by atoms with Crippen LogP contribution in [0, 0.1) is 17.8 Å². The normalized spacial score (nSPS) is 30.1. The van der Waals surface area contributed by atoms with Crippen LogP contribution >= 0.6 is 0 Å². The summed E-state index contributed by atoms with van der Waals surface area (Å²) in [6.07, 6.45) is -1.19. The van der Waals surface area contributed by atoms with Crippen molar-refractivity contribution in [1.29, 1.82) is 0 Å². The van der Waals surface area contributed by atoms with Crippen molar-refractivity contribution in [2.75, 3.05) is 6.54 Å². The molecule has 2 aliphatic rings. The standard InChI is InChI=1S/C13H21N3O3/c1-6(2)11-15-12-9(13(19)16-11)4-8(5-14-12)10(18)7(3)17/h6-10,17-18H,4-5H2,1-3H3,(H,14,15,16,19)/t7-,8+,9?,10-/m0/s1. The zero-order chi connectivity index (χ0) is 14.2. The molecule has 0 saturated carbocycles. The van der Waals surface area contributed by atoms with Gasteiger partial charge in [0.1, 0.15) is 11.7 Å². The Morgan fingerprint density at radius 1 is 1.32 bits per heavy atom. The van der Waals surface area contributed by atoms with Crippen molar-refractivity contribution < 1.29 is 15.0 Å². The quantitative estimate of drug-likeness (QED) is 0.669. The summed E-state index contributed by atoms with van der Waals surface area (Å²) < 4.78 is 0. The van der Waals surface area contributed by atoms with Gasteiger partial charge in [0.05, 0.1) is 18.1 Å². The third-order valence-electron chi connectivity index (χ3n) is 3.66. The van der Waals surface area contributed by atoms with Crippen molar-refractivity contribution in [3.63, 3.8) is 0 Å². The Morgan fingerprint density at radius 3 is 2.58 bits per heavy atom. The summed E-state index contributed by atoms with van der Waals surface area (Å²) in [4.78, 5) is 20.8. The number of aliphatic hydroxyl groups excluding tert-OH is 2. The average molecular weight is 267 g/mol. The molecule has 19 heavy (non-hydrogen) atoms. The number of amidine groups is 2. The summed E-state index contributed by atoms with van der Waals surface area (Å²) in [6, 6.07) is 0. The second-order valence-electron chi connectivity index (χ2n) is 5.62. The van der Waals surface area contributed by atoms with Gasteiger partial charge in [-0.3, -0.25) is 9.79 Å². The van der Waals surface area contributed by atoms with Gasteiger partial charge in [-0.2, -0.15) is 0 Å². The number of nitrogens with zero attached hydrogens (tertiary/aromatic N) is 2. The van der Waals surface area contributed by atoms with E-state index in [0.717, 1.165) is 0 Å². The molecule has 3 N–H and O–H groups in total. The summed E-state index contributed by atoms with van der Waals surface area (Å²) in [5.41, 5.74) is 0. The van der Waals surface area contributed by atoms with Gasteiger partial charge >= 0.3 is 0 Å². The third kappa shape index (κ3) is 2.84. The van der Waals surface area contributed by atoms with Crippen LogP contribution in [-0.4, -0.2) is 46.5 Å². The molecule has 2 rings (SSSR count). The molecule has 2 heterocycles. The van der Waals surface area contributed by atoms with E-state index < -0.39 is 18.1 Å². The third-order valence-corrected chi connectivity index (χ3v) is 3.66. The van der Waals surface area contributed by atoms with Crippen LogP contribution in [0.1, 0.15) is 27.2 Å². The maximum absolute atomic E-state index is 12.1. The van der Waals surface area contributed by atoms with Crippen LogP contribution in [-0.2, 0) is 4.79 Å². The van der Waals surface area contributed by atoms with Crippen molar-refractivity contribution >= 4 is 17.6 Å². The number of aliphatic hydroxyl groups is 2.